The molecule has 1 aromatic heterocycles. The van der Waals surface area contributed by atoms with Crippen LogP contribution in [0.2, 0.25) is 0 Å². The third-order valence-electron chi connectivity index (χ3n) is 4.74. The predicted molar refractivity (Wildman–Crippen MR) is 119 cm³/mol. The van der Waals surface area contributed by atoms with Crippen molar-refractivity contribution in [3.05, 3.63) is 47.3 Å². The van der Waals surface area contributed by atoms with Gasteiger partial charge < -0.3 is 15.1 Å². The highest BCUT2D eigenvalue weighted by Crippen LogP contribution is 2.31. The van der Waals surface area contributed by atoms with Crippen LogP contribution in [0.15, 0.2) is 29.4 Å². The second-order valence-corrected chi connectivity index (χ2v) is 6.91. The molecule has 1 aliphatic heterocycles. The molecule has 3 rings (SSSR count). The van der Waals surface area contributed by atoms with Crippen molar-refractivity contribution in [3.63, 3.8) is 0 Å². The van der Waals surface area contributed by atoms with Gasteiger partial charge in [-0.25, -0.2) is 13.8 Å². The number of nitrogens with zero attached hydrogens (tertiary/aromatic N) is 5. The van der Waals surface area contributed by atoms with Crippen molar-refractivity contribution >= 4 is 35.6 Å². The van der Waals surface area contributed by atoms with Crippen LogP contribution in [-0.4, -0.2) is 53.4 Å². The first-order valence-corrected chi connectivity index (χ1v) is 9.52. The van der Waals surface area contributed by atoms with Crippen LogP contribution in [0, 0.1) is 11.6 Å². The van der Waals surface area contributed by atoms with Gasteiger partial charge in [0.05, 0.1) is 12.2 Å². The summed E-state index contributed by atoms with van der Waals surface area (Å²) >= 11 is 0. The molecule has 1 saturated heterocycles. The number of aryl methyl sites for hydroxylation is 1. The van der Waals surface area contributed by atoms with Crippen molar-refractivity contribution in [1.82, 2.24) is 20.0 Å². The molecule has 0 atom stereocenters. The zero-order valence-electron chi connectivity index (χ0n) is 17.1. The van der Waals surface area contributed by atoms with E-state index in [2.05, 4.69) is 15.4 Å². The highest BCUT2D eigenvalue weighted by atomic mass is 127. The number of hydrogen-bond donors (Lipinski definition) is 1. The molecule has 1 N–H and O–H groups in total. The Morgan fingerprint density at radius 3 is 2.45 bits per heavy atom. The van der Waals surface area contributed by atoms with E-state index < -0.39 is 23.5 Å². The van der Waals surface area contributed by atoms with Gasteiger partial charge in [-0.2, -0.15) is 18.3 Å². The molecule has 0 bridgehead atoms. The van der Waals surface area contributed by atoms with Crippen molar-refractivity contribution in [2.75, 3.05) is 37.6 Å². The molecule has 0 amide bonds. The summed E-state index contributed by atoms with van der Waals surface area (Å²) < 4.78 is 68.0. The lowest BCUT2D eigenvalue weighted by Crippen LogP contribution is -2.52. The minimum Gasteiger partial charge on any atom is -0.366 e. The van der Waals surface area contributed by atoms with E-state index in [9.17, 15) is 22.0 Å². The van der Waals surface area contributed by atoms with E-state index in [1.54, 1.807) is 4.90 Å². The van der Waals surface area contributed by atoms with Crippen molar-refractivity contribution in [2.45, 2.75) is 19.6 Å². The summed E-state index contributed by atoms with van der Waals surface area (Å²) in [5, 5.41) is 6.57. The predicted octanol–water partition coefficient (Wildman–Crippen LogP) is 3.62. The highest BCUT2D eigenvalue weighted by molar-refractivity contribution is 14.0. The van der Waals surface area contributed by atoms with E-state index in [0.29, 0.717) is 38.7 Å². The average Bonchev–Trinajstić information content (AvgIpc) is 3.08. The van der Waals surface area contributed by atoms with Crippen LogP contribution < -0.4 is 10.2 Å². The molecule has 172 valence electrons. The molecule has 31 heavy (non-hydrogen) atoms. The normalized spacial score (nSPS) is 15.1. The lowest BCUT2D eigenvalue weighted by Gasteiger charge is -2.37. The first-order chi connectivity index (χ1) is 14.2. The number of piperazine rings is 1. The molecule has 2 heterocycles. The number of aliphatic imine (C=N–C) groups is 1. The van der Waals surface area contributed by atoms with Crippen molar-refractivity contribution < 1.29 is 22.0 Å². The van der Waals surface area contributed by atoms with Crippen LogP contribution in [0.5, 0.6) is 0 Å². The number of nitrogens with one attached hydrogen (secondary N) is 1. The molecule has 0 saturated carbocycles. The fourth-order valence-electron chi connectivity index (χ4n) is 3.37. The average molecular weight is 558 g/mol. The van der Waals surface area contributed by atoms with Crippen LogP contribution in [0.25, 0.3) is 0 Å². The zero-order valence-corrected chi connectivity index (χ0v) is 19.4. The van der Waals surface area contributed by atoms with Crippen molar-refractivity contribution in [3.8, 4) is 0 Å². The maximum Gasteiger partial charge on any atom is 0.435 e. The Morgan fingerprint density at radius 1 is 1.16 bits per heavy atom. The highest BCUT2D eigenvalue weighted by Gasteiger charge is 2.36. The number of anilines is 1. The van der Waals surface area contributed by atoms with Crippen LogP contribution in [-0.2, 0) is 19.8 Å². The number of alkyl halides is 3. The molecule has 1 aliphatic rings. The Labute approximate surface area is 194 Å². The number of hydrogen-bond acceptors (Lipinski definition) is 3. The second-order valence-electron chi connectivity index (χ2n) is 6.91. The van der Waals surface area contributed by atoms with Gasteiger partial charge in [-0.1, -0.05) is 0 Å². The maximum atomic E-state index is 14.0. The van der Waals surface area contributed by atoms with Crippen LogP contribution in [0.3, 0.4) is 0 Å². The fourth-order valence-corrected chi connectivity index (χ4v) is 3.37. The van der Waals surface area contributed by atoms with E-state index in [1.807, 2.05) is 11.8 Å². The van der Waals surface area contributed by atoms with E-state index >= 15 is 0 Å². The SMILES string of the molecule is CCNC(=NCc1cn(C)nc1C(F)(F)F)N1CCN(c2cc(F)ccc2F)CC1.I. The first kappa shape index (κ1) is 25.1. The van der Waals surface area contributed by atoms with Gasteiger partial charge in [0.15, 0.2) is 11.7 Å². The Morgan fingerprint density at radius 2 is 1.84 bits per heavy atom. The van der Waals surface area contributed by atoms with Crippen LogP contribution >= 0.6 is 24.0 Å². The molecule has 0 unspecified atom stereocenters. The van der Waals surface area contributed by atoms with Gasteiger partial charge >= 0.3 is 6.18 Å². The summed E-state index contributed by atoms with van der Waals surface area (Å²) in [5.74, 6) is -0.545. The third kappa shape index (κ3) is 6.20. The van der Waals surface area contributed by atoms with Gasteiger partial charge in [0.25, 0.3) is 0 Å². The lowest BCUT2D eigenvalue weighted by atomic mass is 10.2. The molecule has 0 spiro atoms. The summed E-state index contributed by atoms with van der Waals surface area (Å²) in [6.07, 6.45) is -3.24. The Bertz CT molecular complexity index is 906. The molecular formula is C19H24F5IN6. The summed E-state index contributed by atoms with van der Waals surface area (Å²) in [4.78, 5) is 7.98. The quantitative estimate of drug-likeness (QED) is 0.270. The second kappa shape index (κ2) is 10.5. The van der Waals surface area contributed by atoms with E-state index in [-0.39, 0.29) is 41.8 Å². The Hall–Kier alpha value is -2.12. The molecule has 0 aliphatic carbocycles. The topological polar surface area (TPSA) is 48.7 Å². The standard InChI is InChI=1S/C19H23F5N6.HI/c1-3-25-18(26-11-13-12-28(2)27-17(13)19(22,23)24)30-8-6-29(7-9-30)16-10-14(20)4-5-15(16)21;/h4-5,10,12H,3,6-9,11H2,1-2H3,(H,25,26);1H. The molecule has 2 aromatic rings. The van der Waals surface area contributed by atoms with Gasteiger partial charge in [-0.15, -0.1) is 24.0 Å². The molecule has 12 heteroatoms. The van der Waals surface area contributed by atoms with Gasteiger partial charge in [-0.3, -0.25) is 4.68 Å². The first-order valence-electron chi connectivity index (χ1n) is 9.52. The minimum atomic E-state index is -4.55. The zero-order chi connectivity index (χ0) is 21.9. The number of guanidine groups is 1. The molecule has 6 nitrogen and oxygen atoms in total. The van der Waals surface area contributed by atoms with Crippen LogP contribution in [0.4, 0.5) is 27.6 Å². The maximum absolute atomic E-state index is 14.0. The molecular weight excluding hydrogens is 534 g/mol. The Kier molecular flexibility index (Phi) is 8.49. The summed E-state index contributed by atoms with van der Waals surface area (Å²) in [7, 11) is 1.43. The van der Waals surface area contributed by atoms with Gasteiger partial charge in [0.2, 0.25) is 0 Å². The summed E-state index contributed by atoms with van der Waals surface area (Å²) in [6, 6.07) is 3.32. The van der Waals surface area contributed by atoms with Gasteiger partial charge in [0.1, 0.15) is 11.6 Å². The van der Waals surface area contributed by atoms with Crippen molar-refractivity contribution in [2.24, 2.45) is 12.0 Å². The number of rotatable bonds is 4. The Balaban J connectivity index is 0.00000341. The number of aromatic nitrogens is 2. The molecule has 1 aromatic carbocycles. The number of benzene rings is 1. The fraction of sp³-hybridized carbons (Fsp3) is 0.474. The molecule has 0 radical (unpaired) electrons. The molecule has 1 fully saturated rings. The van der Waals surface area contributed by atoms with Crippen LogP contribution in [0.1, 0.15) is 18.2 Å². The summed E-state index contributed by atoms with van der Waals surface area (Å²) in [5.41, 5.74) is -0.765. The van der Waals surface area contributed by atoms with E-state index in [4.69, 9.17) is 0 Å². The monoisotopic (exact) mass is 558 g/mol. The van der Waals surface area contributed by atoms with E-state index in [0.717, 1.165) is 22.9 Å². The summed E-state index contributed by atoms with van der Waals surface area (Å²) in [6.45, 7) is 3.98. The van der Waals surface area contributed by atoms with E-state index in [1.165, 1.54) is 13.2 Å². The lowest BCUT2D eigenvalue weighted by molar-refractivity contribution is -0.142. The smallest absolute Gasteiger partial charge is 0.366 e. The van der Waals surface area contributed by atoms with Gasteiger partial charge in [0, 0.05) is 57.6 Å². The minimum absolute atomic E-state index is 0. The van der Waals surface area contributed by atoms with Gasteiger partial charge in [-0.05, 0) is 19.1 Å². The van der Waals surface area contributed by atoms with Crippen molar-refractivity contribution in [1.29, 1.82) is 0 Å². The third-order valence-corrected chi connectivity index (χ3v) is 4.74. The number of halogens is 6. The largest absolute Gasteiger partial charge is 0.435 e.